The molecule has 0 bridgehead atoms. The molecule has 5 aliphatic heterocycles. The van der Waals surface area contributed by atoms with Crippen LogP contribution in [0.1, 0.15) is 214 Å². The van der Waals surface area contributed by atoms with Crippen LogP contribution in [0.4, 0.5) is 0 Å². The normalized spacial score (nSPS) is 29.4. The molecule has 0 spiro atoms. The van der Waals surface area contributed by atoms with E-state index in [4.69, 9.17) is 47.4 Å². The fraction of sp³-hybridized carbons (Fsp3) is 0.880. The third-order valence-electron chi connectivity index (χ3n) is 23.2. The molecule has 0 aliphatic carbocycles. The number of rotatable bonds is 61. The third-order valence-corrected chi connectivity index (χ3v) is 23.2. The van der Waals surface area contributed by atoms with E-state index in [1.54, 1.807) is 32.6 Å². The summed E-state index contributed by atoms with van der Waals surface area (Å²) in [6.45, 7) is 7.27. The molecule has 5 saturated heterocycles. The summed E-state index contributed by atoms with van der Waals surface area (Å²) in [6, 6.07) is -1.52. The van der Waals surface area contributed by atoms with Crippen LogP contribution in [0.2, 0.25) is 0 Å². The van der Waals surface area contributed by atoms with Crippen LogP contribution in [-0.4, -0.2) is 341 Å². The van der Waals surface area contributed by atoms with Crippen molar-refractivity contribution in [3.8, 4) is 0 Å². The molecule has 6 amide bonds. The number of hydrogen-bond donors (Lipinski definition) is 17. The number of ether oxygens (including phenoxy) is 10. The number of Topliss-reactive ketones (excluding diaryl/α,β-unsaturated/α-hetero) is 3. The van der Waals surface area contributed by atoms with Gasteiger partial charge in [0, 0.05) is 153 Å². The number of carbonyl (C=O) groups is 10. The Kier molecular flexibility index (Phi) is 50.8. The molecule has 698 valence electrons. The summed E-state index contributed by atoms with van der Waals surface area (Å²) in [5.41, 5.74) is 0. The first-order chi connectivity index (χ1) is 57.9. The van der Waals surface area contributed by atoms with Gasteiger partial charge in [-0.2, -0.15) is 0 Å². The van der Waals surface area contributed by atoms with Crippen LogP contribution in [0.15, 0.2) is 0 Å². The number of aliphatic hydroxyl groups excluding tert-OH is 12. The Bertz CT molecular complexity index is 3050. The highest BCUT2D eigenvalue weighted by molar-refractivity contribution is 5.92. The zero-order valence-electron chi connectivity index (χ0n) is 71.6. The molecule has 0 aromatic heterocycles. The molecular formula is C83H144N6O32. The van der Waals surface area contributed by atoms with E-state index in [0.717, 1.165) is 0 Å². The van der Waals surface area contributed by atoms with Gasteiger partial charge in [0.25, 0.3) is 0 Å². The van der Waals surface area contributed by atoms with Gasteiger partial charge in [-0.1, -0.05) is 40.5 Å². The molecule has 0 radical (unpaired) electrons. The predicted octanol–water partition coefficient (Wildman–Crippen LogP) is -1.05. The molecule has 0 aromatic rings. The van der Waals surface area contributed by atoms with Crippen molar-refractivity contribution in [2.24, 2.45) is 35.5 Å². The van der Waals surface area contributed by atoms with Crippen molar-refractivity contribution in [2.45, 2.75) is 331 Å². The summed E-state index contributed by atoms with van der Waals surface area (Å²) in [4.78, 5) is 136. The number of nitrogens with zero attached hydrogens (tertiary/aromatic N) is 1. The summed E-state index contributed by atoms with van der Waals surface area (Å²) < 4.78 is 56.8. The van der Waals surface area contributed by atoms with Crippen molar-refractivity contribution < 1.29 is 157 Å². The molecule has 5 rings (SSSR count). The zero-order valence-corrected chi connectivity index (χ0v) is 71.6. The van der Waals surface area contributed by atoms with E-state index in [0.29, 0.717) is 89.9 Å². The Morgan fingerprint density at radius 1 is 0.413 bits per heavy atom. The third kappa shape index (κ3) is 37.1. The van der Waals surface area contributed by atoms with Crippen LogP contribution in [0.25, 0.3) is 0 Å². The van der Waals surface area contributed by atoms with Crippen molar-refractivity contribution in [1.82, 2.24) is 31.5 Å². The highest BCUT2D eigenvalue weighted by atomic mass is 16.7. The maximum atomic E-state index is 14.8. The highest BCUT2D eigenvalue weighted by Crippen LogP contribution is 2.32. The monoisotopic (exact) mass is 1740 g/mol. The maximum absolute atomic E-state index is 14.8. The van der Waals surface area contributed by atoms with Gasteiger partial charge in [-0.05, 0) is 110 Å². The number of aliphatic hydroxyl groups is 12. The summed E-state index contributed by atoms with van der Waals surface area (Å²) in [7, 11) is 1.48. The average molecular weight is 1740 g/mol. The van der Waals surface area contributed by atoms with Crippen LogP contribution in [0, 0.1) is 35.5 Å². The van der Waals surface area contributed by atoms with E-state index in [1.807, 2.05) is 0 Å². The van der Waals surface area contributed by atoms with Gasteiger partial charge >= 0.3 is 5.97 Å². The molecule has 5 fully saturated rings. The molecule has 38 nitrogen and oxygen atoms in total. The molecule has 121 heavy (non-hydrogen) atoms. The Labute approximate surface area is 709 Å². The maximum Gasteiger partial charge on any atom is 0.306 e. The van der Waals surface area contributed by atoms with Gasteiger partial charge in [0.1, 0.15) is 66.5 Å². The number of esters is 1. The SMILES string of the molecule is COC[C@@H]1C[C@@H](OC(=O)CCC(C)=O)CN1C(=O)CCCNC(=O)C(CCCCNC(=O)C(CCCCNC(=O)CCCCO[C@@H]1OC(CO)[C@H](O)[C@H](O)C1C)CC(=O)CCCCO[C@@H]1OC(CO)[C@H](O)[C@H](O)C1C)CC(=O)C(CCCCNC(=O)CCCCO[C@@H]1OC(CO)[C@H](O)[C@H](O)C1C)NC(=O)CCCCO[C@@H]1OC(CO)[C@H](O)[C@H](O)C1C. The van der Waals surface area contributed by atoms with Gasteiger partial charge < -0.3 is 145 Å². The number of nitrogens with one attached hydrogen (secondary N) is 5. The van der Waals surface area contributed by atoms with Crippen LogP contribution in [0.3, 0.4) is 0 Å². The lowest BCUT2D eigenvalue weighted by atomic mass is 9.90. The van der Waals surface area contributed by atoms with Gasteiger partial charge in [-0.25, -0.2) is 0 Å². The van der Waals surface area contributed by atoms with E-state index < -0.39 is 208 Å². The van der Waals surface area contributed by atoms with E-state index in [1.165, 1.54) is 14.0 Å². The smallest absolute Gasteiger partial charge is 0.306 e. The van der Waals surface area contributed by atoms with Crippen molar-refractivity contribution in [2.75, 3.05) is 99.3 Å². The lowest BCUT2D eigenvalue weighted by molar-refractivity contribution is -0.282. The standard InChI is InChI=1S/C83H144N6O32/c1-49(94)30-31-69(101)117-58-42-56(48-112-6)89(43-58)68(100)29-21-35-87-79(111)55(41-60(96)59(88-67(99)28-13-20-39-116-83-53(5)73(105)77(109)64(47-93)121-83)25-9-16-33-85-66(98)27-12-19-38-115-82-52(4)72(104)76(108)63(46-92)120-82)23-8-15-34-86-78(110)54(40-57(95)24-10-17-36-113-80-50(2)70(102)74(106)61(44-90)118-80)22-7-14-32-84-65(97)26-11-18-37-114-81-51(3)71(103)75(107)62(45-91)119-81/h50-56,58-59,61-64,70-77,80-83,90-93,102-109H,7-48H2,1-6H3,(H,84,97)(H,85,98)(H,86,110)(H,87,111)(H,88,99)/t50?,51?,52?,53?,54?,55?,56-,58+,59?,61?,62?,63?,64?,70+,71+,72+,73+,74-,75-,76-,77-,80+,81+,82+,83+/m0/s1. The van der Waals surface area contributed by atoms with Crippen molar-refractivity contribution >= 4 is 58.8 Å². The van der Waals surface area contributed by atoms with Crippen molar-refractivity contribution in [1.29, 1.82) is 0 Å². The predicted molar refractivity (Wildman–Crippen MR) is 430 cm³/mol. The molecule has 5 aliphatic rings. The second-order valence-electron chi connectivity index (χ2n) is 33.1. The number of unbranched alkanes of at least 4 members (excludes halogenated alkanes) is 7. The summed E-state index contributed by atoms with van der Waals surface area (Å²) in [6.07, 6.45) is -12.1. The summed E-state index contributed by atoms with van der Waals surface area (Å²) in [5, 5.41) is 136. The zero-order chi connectivity index (χ0) is 89.1. The summed E-state index contributed by atoms with van der Waals surface area (Å²) >= 11 is 0. The van der Waals surface area contributed by atoms with Gasteiger partial charge in [0.05, 0.1) is 82.5 Å². The van der Waals surface area contributed by atoms with E-state index in [9.17, 15) is 109 Å². The fourth-order valence-electron chi connectivity index (χ4n) is 15.4. The highest BCUT2D eigenvalue weighted by Gasteiger charge is 2.47. The van der Waals surface area contributed by atoms with Gasteiger partial charge in [-0.15, -0.1) is 0 Å². The molecule has 25 atom stereocenters. The minimum Gasteiger partial charge on any atom is -0.460 e. The number of hydrogen-bond acceptors (Lipinski definition) is 32. The van der Waals surface area contributed by atoms with Gasteiger partial charge in [0.2, 0.25) is 35.4 Å². The molecule has 17 N–H and O–H groups in total. The number of likely N-dealkylation sites (tertiary alicyclic amines) is 1. The molecule has 11 unspecified atom stereocenters. The minimum absolute atomic E-state index is 0.00782. The lowest BCUT2D eigenvalue weighted by Gasteiger charge is -2.40. The molecule has 0 saturated carbocycles. The number of carbonyl (C=O) groups excluding carboxylic acids is 10. The average Bonchev–Trinajstić information content (AvgIpc) is 1.83. The Morgan fingerprint density at radius 2 is 0.785 bits per heavy atom. The number of methoxy groups -OCH3 is 1. The number of amides is 6. The molecular weight excluding hydrogens is 1590 g/mol. The quantitative estimate of drug-likeness (QED) is 0.0255. The van der Waals surface area contributed by atoms with E-state index in [-0.39, 0.29) is 185 Å². The molecule has 0 aromatic carbocycles. The van der Waals surface area contributed by atoms with E-state index >= 15 is 0 Å². The largest absolute Gasteiger partial charge is 0.460 e. The van der Waals surface area contributed by atoms with Gasteiger partial charge in [-0.3, -0.25) is 43.2 Å². The fourth-order valence-corrected chi connectivity index (χ4v) is 15.4. The molecule has 5 heterocycles. The Morgan fingerprint density at radius 3 is 1.18 bits per heavy atom. The topological polar surface area (TPSA) is 569 Å². The van der Waals surface area contributed by atoms with Gasteiger partial charge in [0.15, 0.2) is 30.9 Å². The first-order valence-corrected chi connectivity index (χ1v) is 43.7. The second kappa shape index (κ2) is 57.9. The van der Waals surface area contributed by atoms with Crippen molar-refractivity contribution in [3.63, 3.8) is 0 Å². The van der Waals surface area contributed by atoms with Crippen molar-refractivity contribution in [3.05, 3.63) is 0 Å². The van der Waals surface area contributed by atoms with Crippen LogP contribution in [0.5, 0.6) is 0 Å². The first kappa shape index (κ1) is 106. The Hall–Kier alpha value is -5.54. The first-order valence-electron chi connectivity index (χ1n) is 43.7. The van der Waals surface area contributed by atoms with Crippen LogP contribution < -0.4 is 26.6 Å². The van der Waals surface area contributed by atoms with E-state index in [2.05, 4.69) is 26.6 Å². The molecule has 38 heteroatoms. The number of ketones is 3. The Balaban J connectivity index is 1.24. The minimum atomic E-state index is -1.32. The van der Waals surface area contributed by atoms with Crippen LogP contribution >= 0.6 is 0 Å². The second-order valence-corrected chi connectivity index (χ2v) is 33.1. The lowest BCUT2D eigenvalue weighted by Crippen LogP contribution is -2.55. The van der Waals surface area contributed by atoms with Crippen LogP contribution in [-0.2, 0) is 95.3 Å². The summed E-state index contributed by atoms with van der Waals surface area (Å²) in [5.74, 6) is -7.73.